The van der Waals surface area contributed by atoms with Crippen LogP contribution in [0.2, 0.25) is 0 Å². The van der Waals surface area contributed by atoms with Crippen LogP contribution in [0.3, 0.4) is 0 Å². The van der Waals surface area contributed by atoms with E-state index in [0.717, 1.165) is 67.6 Å². The van der Waals surface area contributed by atoms with E-state index in [9.17, 15) is 0 Å². The van der Waals surface area contributed by atoms with E-state index in [1.807, 2.05) is 28.7 Å². The number of hydrogen-bond acceptors (Lipinski definition) is 6. The SMILES string of the molecule is CC1(c2ccccc2)C=Cc2oc3c(c2C1)C=CC1(C)c2cc(-c4cc5sc(-c6ccc7oc8c(ccc9c%10cc(-c%11ccccc%11)ccc%10oc98)c7c6)cc5s4)ccc2OC31. The molecule has 2 aliphatic carbocycles. The standard InChI is InChI=1S/C56H36O4S2/c1-55(35-11-7-4-8-12-35)23-22-45-41(30-55)38-21-24-56(2)42-27-34(15-20-46(42)60-54(56)53(38)59-45)48-29-50-49(62-48)28-47(61-50)33-14-19-44-40(26-33)37-17-16-36-39-25-32(31-9-5-3-6-10-31)13-18-43(39)57-51(36)52(37)58-44/h3-29,54H,30H2,1-2H3. The molecule has 0 radical (unpaired) electrons. The minimum atomic E-state index is -0.342. The minimum Gasteiger partial charge on any atom is -0.481 e. The van der Waals surface area contributed by atoms with E-state index in [4.69, 9.17) is 18.0 Å². The highest BCUT2D eigenvalue weighted by atomic mass is 32.1. The number of allylic oxidation sites excluding steroid dienone is 1. The van der Waals surface area contributed by atoms with E-state index in [1.165, 1.54) is 63.7 Å². The molecule has 0 amide bonds. The van der Waals surface area contributed by atoms with Gasteiger partial charge in [0.2, 0.25) is 0 Å². The van der Waals surface area contributed by atoms with Crippen molar-refractivity contribution in [1.29, 1.82) is 0 Å². The molecule has 3 aliphatic rings. The van der Waals surface area contributed by atoms with E-state index in [-0.39, 0.29) is 16.9 Å². The predicted octanol–water partition coefficient (Wildman–Crippen LogP) is 16.3. The Kier molecular flexibility index (Phi) is 6.95. The van der Waals surface area contributed by atoms with Gasteiger partial charge in [-0.25, -0.2) is 0 Å². The van der Waals surface area contributed by atoms with Gasteiger partial charge >= 0.3 is 0 Å². The number of ether oxygens (including phenoxy) is 1. The molecule has 0 bridgehead atoms. The van der Waals surface area contributed by atoms with E-state index >= 15 is 0 Å². The summed E-state index contributed by atoms with van der Waals surface area (Å²) in [6.45, 7) is 4.61. The Balaban J connectivity index is 0.766. The van der Waals surface area contributed by atoms with Gasteiger partial charge in [0.25, 0.3) is 0 Å². The fourth-order valence-electron chi connectivity index (χ4n) is 10.4. The Morgan fingerprint density at radius 2 is 1.18 bits per heavy atom. The molecule has 14 rings (SSSR count). The highest BCUT2D eigenvalue weighted by Crippen LogP contribution is 2.57. The Hall–Kier alpha value is -6.86. The van der Waals surface area contributed by atoms with Crippen LogP contribution in [0.5, 0.6) is 5.75 Å². The maximum atomic E-state index is 6.78. The molecule has 3 atom stereocenters. The van der Waals surface area contributed by atoms with Crippen molar-refractivity contribution in [2.75, 3.05) is 0 Å². The number of furan rings is 3. The van der Waals surface area contributed by atoms with Gasteiger partial charge in [0.1, 0.15) is 22.7 Å². The van der Waals surface area contributed by atoms with Crippen LogP contribution in [0.4, 0.5) is 0 Å². The molecule has 0 saturated carbocycles. The van der Waals surface area contributed by atoms with Gasteiger partial charge in [-0.05, 0) is 120 Å². The van der Waals surface area contributed by atoms with Crippen LogP contribution in [0.1, 0.15) is 53.7 Å². The van der Waals surface area contributed by atoms with Crippen LogP contribution < -0.4 is 4.74 Å². The first-order chi connectivity index (χ1) is 30.4. The third-order valence-corrected chi connectivity index (χ3v) is 16.2. The lowest BCUT2D eigenvalue weighted by molar-refractivity contribution is 0.152. The topological polar surface area (TPSA) is 48.7 Å². The van der Waals surface area contributed by atoms with Crippen molar-refractivity contribution in [3.63, 3.8) is 0 Å². The third-order valence-electron chi connectivity index (χ3n) is 13.8. The summed E-state index contributed by atoms with van der Waals surface area (Å²) in [4.78, 5) is 2.50. The molecular formula is C56H36O4S2. The lowest BCUT2D eigenvalue weighted by atomic mass is 9.71. The molecular weight excluding hydrogens is 801 g/mol. The van der Waals surface area contributed by atoms with E-state index in [0.29, 0.717) is 0 Å². The minimum absolute atomic E-state index is 0.0917. The van der Waals surface area contributed by atoms with Gasteiger partial charge in [-0.1, -0.05) is 91.9 Å². The molecule has 296 valence electrons. The van der Waals surface area contributed by atoms with E-state index in [2.05, 4.69) is 172 Å². The molecule has 62 heavy (non-hydrogen) atoms. The van der Waals surface area contributed by atoms with Crippen molar-refractivity contribution in [3.8, 4) is 37.8 Å². The molecule has 1 aliphatic heterocycles. The summed E-state index contributed by atoms with van der Waals surface area (Å²) < 4.78 is 29.0. The van der Waals surface area contributed by atoms with Crippen LogP contribution in [-0.4, -0.2) is 0 Å². The molecule has 11 aromatic rings. The van der Waals surface area contributed by atoms with Crippen molar-refractivity contribution in [1.82, 2.24) is 0 Å². The third kappa shape index (κ3) is 4.88. The maximum Gasteiger partial charge on any atom is 0.178 e. The second kappa shape index (κ2) is 12.4. The van der Waals surface area contributed by atoms with Crippen LogP contribution in [0, 0.1) is 0 Å². The molecule has 0 N–H and O–H groups in total. The van der Waals surface area contributed by atoms with Crippen molar-refractivity contribution < 1.29 is 18.0 Å². The average Bonchev–Trinajstić information content (AvgIpc) is 4.16. The largest absolute Gasteiger partial charge is 0.481 e. The average molecular weight is 837 g/mol. The van der Waals surface area contributed by atoms with Gasteiger partial charge in [-0.15, -0.1) is 22.7 Å². The maximum absolute atomic E-state index is 6.78. The summed E-state index contributed by atoms with van der Waals surface area (Å²) in [7, 11) is 0. The number of rotatable bonds is 4. The molecule has 4 nitrogen and oxygen atoms in total. The summed E-state index contributed by atoms with van der Waals surface area (Å²) in [6.07, 6.45) is 9.78. The number of hydrogen-bond donors (Lipinski definition) is 0. The summed E-state index contributed by atoms with van der Waals surface area (Å²) in [6, 6.07) is 50.0. The lowest BCUT2D eigenvalue weighted by Crippen LogP contribution is -2.29. The summed E-state index contributed by atoms with van der Waals surface area (Å²) in [5.41, 5.74) is 12.6. The second-order valence-electron chi connectivity index (χ2n) is 17.6. The van der Waals surface area contributed by atoms with Crippen LogP contribution in [-0.2, 0) is 17.3 Å². The molecule has 3 unspecified atom stereocenters. The van der Waals surface area contributed by atoms with Gasteiger partial charge < -0.3 is 18.0 Å². The summed E-state index contributed by atoms with van der Waals surface area (Å²) >= 11 is 3.69. The Bertz CT molecular complexity index is 3710. The van der Waals surface area contributed by atoms with Crippen molar-refractivity contribution in [3.05, 3.63) is 185 Å². The van der Waals surface area contributed by atoms with Gasteiger partial charge in [0.15, 0.2) is 23.0 Å². The van der Waals surface area contributed by atoms with E-state index in [1.54, 1.807) is 0 Å². The fourth-order valence-corrected chi connectivity index (χ4v) is 12.8. The molecule has 6 heterocycles. The summed E-state index contributed by atoms with van der Waals surface area (Å²) in [5, 5.41) is 4.31. The van der Waals surface area contributed by atoms with Crippen LogP contribution >= 0.6 is 22.7 Å². The monoisotopic (exact) mass is 836 g/mol. The zero-order chi connectivity index (χ0) is 40.9. The number of fused-ring (bicyclic) bond motifs is 15. The highest BCUT2D eigenvalue weighted by Gasteiger charge is 2.50. The molecule has 0 spiro atoms. The normalized spacial score (nSPS) is 20.0. The highest BCUT2D eigenvalue weighted by molar-refractivity contribution is 7.31. The Morgan fingerprint density at radius 1 is 0.548 bits per heavy atom. The Morgan fingerprint density at radius 3 is 1.89 bits per heavy atom. The van der Waals surface area contributed by atoms with Gasteiger partial charge in [0, 0.05) is 62.8 Å². The zero-order valence-corrected chi connectivity index (χ0v) is 35.5. The van der Waals surface area contributed by atoms with Crippen LogP contribution in [0.15, 0.2) is 165 Å². The van der Waals surface area contributed by atoms with Gasteiger partial charge in [-0.2, -0.15) is 0 Å². The fraction of sp³-hybridized carbons (Fsp3) is 0.107. The molecule has 6 heteroatoms. The molecule has 5 aromatic heterocycles. The van der Waals surface area contributed by atoms with Crippen molar-refractivity contribution >= 4 is 88.1 Å². The van der Waals surface area contributed by atoms with Crippen molar-refractivity contribution in [2.45, 2.75) is 37.2 Å². The quantitative estimate of drug-likeness (QED) is 0.177. The molecule has 0 saturated heterocycles. The van der Waals surface area contributed by atoms with Gasteiger partial charge in [-0.3, -0.25) is 0 Å². The smallest absolute Gasteiger partial charge is 0.178 e. The first-order valence-electron chi connectivity index (χ1n) is 21.2. The predicted molar refractivity (Wildman–Crippen MR) is 256 cm³/mol. The molecule has 0 fully saturated rings. The second-order valence-corrected chi connectivity index (χ2v) is 19.8. The van der Waals surface area contributed by atoms with E-state index < -0.39 is 0 Å². The van der Waals surface area contributed by atoms with Crippen LogP contribution in [0.25, 0.3) is 97.4 Å². The number of benzene rings is 6. The van der Waals surface area contributed by atoms with Gasteiger partial charge in [0.05, 0.1) is 5.41 Å². The summed E-state index contributed by atoms with van der Waals surface area (Å²) in [5.74, 6) is 2.82. The molecule has 6 aromatic carbocycles. The first-order valence-corrected chi connectivity index (χ1v) is 22.8. The first kappa shape index (κ1) is 34.8. The van der Waals surface area contributed by atoms with Crippen molar-refractivity contribution in [2.24, 2.45) is 0 Å². The zero-order valence-electron chi connectivity index (χ0n) is 33.8. The Labute approximate surface area is 364 Å². The number of thiophene rings is 2. The lowest BCUT2D eigenvalue weighted by Gasteiger charge is -2.31.